The van der Waals surface area contributed by atoms with Crippen LogP contribution >= 0.6 is 0 Å². The molecule has 0 spiro atoms. The van der Waals surface area contributed by atoms with Gasteiger partial charge in [-0.2, -0.15) is 5.10 Å². The molecular formula is C26H26N6O2. The second-order valence-corrected chi connectivity index (χ2v) is 8.72. The van der Waals surface area contributed by atoms with Crippen molar-refractivity contribution in [3.63, 3.8) is 0 Å². The lowest BCUT2D eigenvalue weighted by Crippen LogP contribution is -2.54. The van der Waals surface area contributed by atoms with Gasteiger partial charge in [-0.15, -0.1) is 0 Å². The van der Waals surface area contributed by atoms with E-state index in [9.17, 15) is 9.59 Å². The normalized spacial score (nSPS) is 13.5. The lowest BCUT2D eigenvalue weighted by molar-refractivity contribution is -0.125. The molecule has 0 unspecified atom stereocenters. The smallest absolute Gasteiger partial charge is 0.253 e. The minimum atomic E-state index is -0.0602. The average Bonchev–Trinajstić information content (AvgIpc) is 3.27. The summed E-state index contributed by atoms with van der Waals surface area (Å²) in [5.41, 5.74) is 4.60. The van der Waals surface area contributed by atoms with Crippen molar-refractivity contribution in [1.29, 1.82) is 0 Å². The fourth-order valence-electron chi connectivity index (χ4n) is 4.13. The molecule has 2 aromatic heterocycles. The highest BCUT2D eigenvalue weighted by Gasteiger charge is 2.34. The van der Waals surface area contributed by atoms with Gasteiger partial charge in [0.05, 0.1) is 5.92 Å². The van der Waals surface area contributed by atoms with E-state index in [1.165, 1.54) is 6.33 Å². The first-order valence-electron chi connectivity index (χ1n) is 11.2. The van der Waals surface area contributed by atoms with E-state index in [0.29, 0.717) is 25.2 Å². The maximum absolute atomic E-state index is 12.5. The van der Waals surface area contributed by atoms with Gasteiger partial charge < -0.3 is 15.1 Å². The van der Waals surface area contributed by atoms with Gasteiger partial charge in [0.1, 0.15) is 11.8 Å². The van der Waals surface area contributed by atoms with E-state index in [-0.39, 0.29) is 17.7 Å². The van der Waals surface area contributed by atoms with Crippen LogP contribution < -0.4 is 10.2 Å². The maximum atomic E-state index is 12.5. The number of hydrogen-bond donors (Lipinski definition) is 1. The summed E-state index contributed by atoms with van der Waals surface area (Å²) in [6.45, 7) is 1.78. The zero-order valence-electron chi connectivity index (χ0n) is 19.2. The van der Waals surface area contributed by atoms with Crippen LogP contribution in [0.5, 0.6) is 0 Å². The number of hydrogen-bond acceptors (Lipinski definition) is 5. The first-order valence-corrected chi connectivity index (χ1v) is 11.2. The Morgan fingerprint density at radius 1 is 1.03 bits per heavy atom. The van der Waals surface area contributed by atoms with E-state index >= 15 is 0 Å². The number of fused-ring (bicyclic) bond motifs is 1. The number of nitrogens with zero attached hydrogens (tertiary/aromatic N) is 5. The number of anilines is 1. The van der Waals surface area contributed by atoms with Crippen LogP contribution in [0.4, 0.5) is 5.82 Å². The summed E-state index contributed by atoms with van der Waals surface area (Å²) < 4.78 is 1.80. The lowest BCUT2D eigenvalue weighted by Gasteiger charge is -2.39. The zero-order chi connectivity index (χ0) is 23.7. The van der Waals surface area contributed by atoms with Crippen LogP contribution in [0.2, 0.25) is 0 Å². The second kappa shape index (κ2) is 8.97. The van der Waals surface area contributed by atoms with Gasteiger partial charge in [0.25, 0.3) is 5.91 Å². The van der Waals surface area contributed by atoms with Crippen LogP contribution in [0.15, 0.2) is 73.2 Å². The molecule has 0 atom stereocenters. The van der Waals surface area contributed by atoms with Gasteiger partial charge in [0.15, 0.2) is 5.82 Å². The number of nitrogens with one attached hydrogen (secondary N) is 1. The Balaban J connectivity index is 1.27. The predicted molar refractivity (Wildman–Crippen MR) is 130 cm³/mol. The average molecular weight is 455 g/mol. The molecule has 0 saturated carbocycles. The molecule has 3 heterocycles. The minimum absolute atomic E-state index is 0.0260. The standard InChI is InChI=1S/C26H26N6O2/c1-30(2)26(34)20-10-8-19(9-11-20)21-12-23-24(28-17-29-32(23)16-21)31-14-22(15-31)25(33)27-13-18-6-4-3-5-7-18/h3-12,16-17,22H,13-15H2,1-2H3,(H,27,33). The van der Waals surface area contributed by atoms with Crippen LogP contribution in [-0.4, -0.2) is 58.5 Å². The Kier molecular flexibility index (Phi) is 5.71. The summed E-state index contributed by atoms with van der Waals surface area (Å²) in [6.07, 6.45) is 3.49. The van der Waals surface area contributed by atoms with Crippen LogP contribution in [0.1, 0.15) is 15.9 Å². The van der Waals surface area contributed by atoms with E-state index in [1.54, 1.807) is 23.5 Å². The third-order valence-electron chi connectivity index (χ3n) is 6.12. The molecule has 172 valence electrons. The topological polar surface area (TPSA) is 82.8 Å². The monoisotopic (exact) mass is 454 g/mol. The summed E-state index contributed by atoms with van der Waals surface area (Å²) in [5, 5.41) is 7.38. The highest BCUT2D eigenvalue weighted by Crippen LogP contribution is 2.30. The Morgan fingerprint density at radius 3 is 2.47 bits per heavy atom. The van der Waals surface area contributed by atoms with Crippen LogP contribution in [0, 0.1) is 5.92 Å². The number of carbonyl (C=O) groups excluding carboxylic acids is 2. The lowest BCUT2D eigenvalue weighted by atomic mass is 9.99. The van der Waals surface area contributed by atoms with Crippen LogP contribution in [0.3, 0.4) is 0 Å². The number of carbonyl (C=O) groups is 2. The molecule has 2 aromatic carbocycles. The van der Waals surface area contributed by atoms with Crippen LogP contribution in [0.25, 0.3) is 16.6 Å². The fraction of sp³-hybridized carbons (Fsp3) is 0.231. The van der Waals surface area contributed by atoms with Gasteiger partial charge in [0, 0.05) is 51.1 Å². The molecule has 1 N–H and O–H groups in total. The van der Waals surface area contributed by atoms with Crippen molar-refractivity contribution in [3.05, 3.63) is 84.3 Å². The van der Waals surface area contributed by atoms with Crippen LogP contribution in [-0.2, 0) is 11.3 Å². The summed E-state index contributed by atoms with van der Waals surface area (Å²) in [6, 6.07) is 19.5. The third kappa shape index (κ3) is 4.22. The number of aromatic nitrogens is 3. The first-order chi connectivity index (χ1) is 16.5. The molecule has 0 radical (unpaired) electrons. The SMILES string of the molecule is CN(C)C(=O)c1ccc(-c2cc3c(N4CC(C(=O)NCc5ccccc5)C4)ncnn3c2)cc1. The Labute approximate surface area is 197 Å². The van der Waals surface area contributed by atoms with Crippen molar-refractivity contribution in [3.8, 4) is 11.1 Å². The summed E-state index contributed by atoms with van der Waals surface area (Å²) in [7, 11) is 3.48. The molecule has 0 bridgehead atoms. The van der Waals surface area contributed by atoms with Gasteiger partial charge in [-0.3, -0.25) is 9.59 Å². The Morgan fingerprint density at radius 2 is 1.76 bits per heavy atom. The van der Waals surface area contributed by atoms with Crippen molar-refractivity contribution in [1.82, 2.24) is 24.8 Å². The van der Waals surface area contributed by atoms with Crippen molar-refractivity contribution < 1.29 is 9.59 Å². The summed E-state index contributed by atoms with van der Waals surface area (Å²) >= 11 is 0. The van der Waals surface area contributed by atoms with Crippen molar-refractivity contribution in [2.75, 3.05) is 32.1 Å². The summed E-state index contributed by atoms with van der Waals surface area (Å²) in [4.78, 5) is 32.8. The molecule has 1 aliphatic rings. The molecule has 1 fully saturated rings. The molecule has 1 saturated heterocycles. The van der Waals surface area contributed by atoms with Gasteiger partial charge in [-0.25, -0.2) is 9.50 Å². The molecule has 2 amide bonds. The molecule has 5 rings (SSSR count). The second-order valence-electron chi connectivity index (χ2n) is 8.72. The zero-order valence-corrected chi connectivity index (χ0v) is 19.2. The van der Waals surface area contributed by atoms with Gasteiger partial charge >= 0.3 is 0 Å². The van der Waals surface area contributed by atoms with E-state index in [1.807, 2.05) is 66.9 Å². The predicted octanol–water partition coefficient (Wildman–Crippen LogP) is 2.85. The highest BCUT2D eigenvalue weighted by molar-refractivity contribution is 5.94. The molecule has 4 aromatic rings. The largest absolute Gasteiger partial charge is 0.353 e. The fourth-order valence-corrected chi connectivity index (χ4v) is 4.13. The molecule has 8 nitrogen and oxygen atoms in total. The molecule has 8 heteroatoms. The Hall–Kier alpha value is -4.20. The number of rotatable bonds is 6. The number of amides is 2. The molecular weight excluding hydrogens is 428 g/mol. The van der Waals surface area contributed by atoms with E-state index in [4.69, 9.17) is 0 Å². The first kappa shape index (κ1) is 21.6. The van der Waals surface area contributed by atoms with Crippen molar-refractivity contribution in [2.45, 2.75) is 6.54 Å². The van der Waals surface area contributed by atoms with Crippen molar-refractivity contribution in [2.24, 2.45) is 5.92 Å². The van der Waals surface area contributed by atoms with E-state index in [2.05, 4.69) is 20.3 Å². The van der Waals surface area contributed by atoms with E-state index in [0.717, 1.165) is 28.0 Å². The van der Waals surface area contributed by atoms with E-state index < -0.39 is 0 Å². The minimum Gasteiger partial charge on any atom is -0.353 e. The highest BCUT2D eigenvalue weighted by atomic mass is 16.2. The summed E-state index contributed by atoms with van der Waals surface area (Å²) in [5.74, 6) is 0.790. The van der Waals surface area contributed by atoms with Gasteiger partial charge in [-0.1, -0.05) is 42.5 Å². The molecule has 0 aliphatic carbocycles. The number of benzene rings is 2. The van der Waals surface area contributed by atoms with Crippen molar-refractivity contribution >= 4 is 23.1 Å². The molecule has 1 aliphatic heterocycles. The van der Waals surface area contributed by atoms with Gasteiger partial charge in [0.2, 0.25) is 5.91 Å². The third-order valence-corrected chi connectivity index (χ3v) is 6.12. The molecule has 34 heavy (non-hydrogen) atoms. The quantitative estimate of drug-likeness (QED) is 0.485. The maximum Gasteiger partial charge on any atom is 0.253 e. The Bertz CT molecular complexity index is 1320. The van der Waals surface area contributed by atoms with Gasteiger partial charge in [-0.05, 0) is 29.3 Å².